The number of aliphatic hydroxyl groups excluding tert-OH is 1. The smallest absolute Gasteiger partial charge is 0.269 e. The Morgan fingerprint density at radius 1 is 1.26 bits per heavy atom. The summed E-state index contributed by atoms with van der Waals surface area (Å²) in [4.78, 5) is 26.1. The van der Waals surface area contributed by atoms with Gasteiger partial charge in [-0.1, -0.05) is 11.8 Å². The number of amides is 2. The predicted molar refractivity (Wildman–Crippen MR) is 96.4 cm³/mol. The van der Waals surface area contributed by atoms with Crippen LogP contribution in [0, 0.1) is 23.7 Å². The maximum atomic E-state index is 12.4. The zero-order valence-electron chi connectivity index (χ0n) is 14.8. The number of aliphatic hydroxyl groups is 2. The molecular formula is C19H21N3O5. The highest BCUT2D eigenvalue weighted by molar-refractivity contribution is 5.98. The van der Waals surface area contributed by atoms with Crippen LogP contribution >= 0.6 is 0 Å². The molecule has 5 N–H and O–H groups in total. The van der Waals surface area contributed by atoms with E-state index in [1.807, 2.05) is 0 Å². The molecule has 1 heterocycles. The highest BCUT2D eigenvalue weighted by atomic mass is 16.5. The molecule has 0 saturated carbocycles. The van der Waals surface area contributed by atoms with Crippen LogP contribution < -0.4 is 10.8 Å². The summed E-state index contributed by atoms with van der Waals surface area (Å²) < 4.78 is 0. The molecule has 1 aliphatic heterocycles. The number of hydrogen-bond acceptors (Lipinski definition) is 6. The van der Waals surface area contributed by atoms with Gasteiger partial charge in [-0.15, -0.1) is 0 Å². The molecule has 8 heteroatoms. The van der Waals surface area contributed by atoms with E-state index in [-0.39, 0.29) is 25.3 Å². The number of carbonyl (C=O) groups excluding carboxylic acids is 2. The lowest BCUT2D eigenvalue weighted by Crippen LogP contribution is -2.73. The van der Waals surface area contributed by atoms with Gasteiger partial charge < -0.3 is 20.4 Å². The molecule has 27 heavy (non-hydrogen) atoms. The van der Waals surface area contributed by atoms with E-state index in [4.69, 9.17) is 10.3 Å². The Bertz CT molecular complexity index is 808. The monoisotopic (exact) mass is 371 g/mol. The minimum Gasteiger partial charge on any atom is -0.395 e. The SMILES string of the molecule is CN1CC(O)(C(NC(=O)c2ccc(C#CC#CCCO)cc2)C(=O)NO)C1. The first kappa shape index (κ1) is 20.4. The number of likely N-dealkylation sites (N-methyl/N-ethyl adjacent to an activating group) is 1. The van der Waals surface area contributed by atoms with Crippen LogP contribution in [0.25, 0.3) is 0 Å². The Morgan fingerprint density at radius 3 is 2.48 bits per heavy atom. The second-order valence-electron chi connectivity index (χ2n) is 6.26. The number of rotatable bonds is 5. The Kier molecular flexibility index (Phi) is 6.94. The van der Waals surface area contributed by atoms with E-state index in [0.29, 0.717) is 12.0 Å². The van der Waals surface area contributed by atoms with Gasteiger partial charge >= 0.3 is 0 Å². The third-order valence-corrected chi connectivity index (χ3v) is 4.01. The molecule has 0 radical (unpaired) electrons. The van der Waals surface area contributed by atoms with Crippen LogP contribution in [0.5, 0.6) is 0 Å². The van der Waals surface area contributed by atoms with Crippen LogP contribution in [-0.4, -0.2) is 70.5 Å². The summed E-state index contributed by atoms with van der Waals surface area (Å²) in [6.45, 7) is 0.369. The molecule has 1 atom stereocenters. The van der Waals surface area contributed by atoms with Gasteiger partial charge in [-0.3, -0.25) is 14.8 Å². The quantitative estimate of drug-likeness (QED) is 0.249. The van der Waals surface area contributed by atoms with E-state index in [1.54, 1.807) is 24.1 Å². The summed E-state index contributed by atoms with van der Waals surface area (Å²) >= 11 is 0. The molecule has 1 unspecified atom stereocenters. The van der Waals surface area contributed by atoms with Crippen molar-refractivity contribution in [1.82, 2.24) is 15.7 Å². The van der Waals surface area contributed by atoms with Crippen molar-refractivity contribution in [2.24, 2.45) is 0 Å². The van der Waals surface area contributed by atoms with E-state index in [0.717, 1.165) is 0 Å². The molecule has 1 saturated heterocycles. The normalized spacial score (nSPS) is 15.9. The summed E-state index contributed by atoms with van der Waals surface area (Å²) in [6, 6.07) is 5.04. The van der Waals surface area contributed by atoms with Crippen molar-refractivity contribution in [2.45, 2.75) is 18.1 Å². The molecule has 142 valence electrons. The van der Waals surface area contributed by atoms with Gasteiger partial charge in [-0.05, 0) is 43.2 Å². The van der Waals surface area contributed by atoms with Crippen LogP contribution in [0.15, 0.2) is 24.3 Å². The van der Waals surface area contributed by atoms with E-state index < -0.39 is 23.5 Å². The van der Waals surface area contributed by atoms with Crippen molar-refractivity contribution in [2.75, 3.05) is 26.7 Å². The van der Waals surface area contributed by atoms with Crippen molar-refractivity contribution in [3.05, 3.63) is 35.4 Å². The first-order valence-electron chi connectivity index (χ1n) is 8.25. The Hall–Kier alpha value is -2.88. The largest absolute Gasteiger partial charge is 0.395 e. The highest BCUT2D eigenvalue weighted by Crippen LogP contribution is 2.23. The maximum Gasteiger partial charge on any atom is 0.269 e. The van der Waals surface area contributed by atoms with E-state index in [9.17, 15) is 14.7 Å². The third-order valence-electron chi connectivity index (χ3n) is 4.01. The van der Waals surface area contributed by atoms with E-state index in [1.165, 1.54) is 17.6 Å². The van der Waals surface area contributed by atoms with Crippen molar-refractivity contribution < 1.29 is 25.0 Å². The summed E-state index contributed by atoms with van der Waals surface area (Å²) in [7, 11) is 1.76. The van der Waals surface area contributed by atoms with Crippen molar-refractivity contribution in [3.63, 3.8) is 0 Å². The fourth-order valence-electron chi connectivity index (χ4n) is 2.76. The Balaban J connectivity index is 2.06. The summed E-state index contributed by atoms with van der Waals surface area (Å²) in [5.74, 6) is 9.27. The molecule has 2 rings (SSSR count). The number of nitrogens with one attached hydrogen (secondary N) is 2. The minimum absolute atomic E-state index is 0.0147. The zero-order valence-corrected chi connectivity index (χ0v) is 14.8. The molecule has 1 fully saturated rings. The molecule has 1 aromatic carbocycles. The van der Waals surface area contributed by atoms with Gasteiger partial charge in [0.05, 0.1) is 6.61 Å². The molecule has 0 spiro atoms. The minimum atomic E-state index is -1.45. The fourth-order valence-corrected chi connectivity index (χ4v) is 2.76. The van der Waals surface area contributed by atoms with Crippen LogP contribution in [0.3, 0.4) is 0 Å². The molecule has 1 aromatic rings. The molecule has 0 bridgehead atoms. The van der Waals surface area contributed by atoms with Gasteiger partial charge in [0.25, 0.3) is 11.8 Å². The molecule has 2 amide bonds. The second kappa shape index (κ2) is 9.17. The third kappa shape index (κ3) is 5.30. The first-order valence-corrected chi connectivity index (χ1v) is 8.25. The summed E-state index contributed by atoms with van der Waals surface area (Å²) in [5.41, 5.74) is 0.954. The number of benzene rings is 1. The Labute approximate surface area is 157 Å². The molecule has 0 aromatic heterocycles. The number of hydroxylamine groups is 1. The van der Waals surface area contributed by atoms with Gasteiger partial charge in [-0.2, -0.15) is 0 Å². The lowest BCUT2D eigenvalue weighted by atomic mass is 9.85. The molecular weight excluding hydrogens is 350 g/mol. The topological polar surface area (TPSA) is 122 Å². The zero-order chi connectivity index (χ0) is 19.9. The molecule has 0 aliphatic carbocycles. The number of hydrogen-bond donors (Lipinski definition) is 5. The average Bonchev–Trinajstić information content (AvgIpc) is 2.64. The van der Waals surface area contributed by atoms with Crippen LogP contribution in [-0.2, 0) is 4.79 Å². The number of nitrogens with zero attached hydrogens (tertiary/aromatic N) is 1. The first-order chi connectivity index (χ1) is 12.9. The fraction of sp³-hybridized carbons (Fsp3) is 0.368. The van der Waals surface area contributed by atoms with Gasteiger partial charge in [0.2, 0.25) is 0 Å². The predicted octanol–water partition coefficient (Wildman–Crippen LogP) is -1.30. The Morgan fingerprint density at radius 2 is 1.93 bits per heavy atom. The molecule has 1 aliphatic rings. The lowest BCUT2D eigenvalue weighted by Gasteiger charge is -2.48. The number of β-amino-alcohol motifs (C(OH)–C–C–N with tert-alkyl or cyclic N) is 1. The lowest BCUT2D eigenvalue weighted by molar-refractivity contribution is -0.151. The van der Waals surface area contributed by atoms with Crippen molar-refractivity contribution in [1.29, 1.82) is 0 Å². The highest BCUT2D eigenvalue weighted by Gasteiger charge is 2.50. The second-order valence-corrected chi connectivity index (χ2v) is 6.26. The van der Waals surface area contributed by atoms with Gasteiger partial charge in [-0.25, -0.2) is 5.48 Å². The van der Waals surface area contributed by atoms with Crippen molar-refractivity contribution >= 4 is 11.8 Å². The number of carbonyl (C=O) groups is 2. The van der Waals surface area contributed by atoms with Crippen LogP contribution in [0.2, 0.25) is 0 Å². The van der Waals surface area contributed by atoms with Crippen molar-refractivity contribution in [3.8, 4) is 23.7 Å². The standard InChI is InChI=1S/C19H21N3O5/c1-22-12-19(26,13-22)16(18(25)21-27)20-17(24)15-9-7-14(8-10-15)6-4-2-3-5-11-23/h7-10,16,23,26-27H,5,11-13H2,1H3,(H,20,24)(H,21,25). The van der Waals surface area contributed by atoms with E-state index >= 15 is 0 Å². The van der Waals surface area contributed by atoms with Crippen LogP contribution in [0.4, 0.5) is 0 Å². The van der Waals surface area contributed by atoms with Crippen LogP contribution in [0.1, 0.15) is 22.3 Å². The van der Waals surface area contributed by atoms with Gasteiger partial charge in [0.15, 0.2) is 0 Å². The average molecular weight is 371 g/mol. The summed E-state index contributed by atoms with van der Waals surface area (Å²) in [6.07, 6.45) is 0.360. The van der Waals surface area contributed by atoms with Gasteiger partial charge in [0, 0.05) is 30.6 Å². The molecule has 8 nitrogen and oxygen atoms in total. The summed E-state index contributed by atoms with van der Waals surface area (Å²) in [5, 5.41) is 30.4. The number of likely N-dealkylation sites (tertiary alicyclic amines) is 1. The maximum absolute atomic E-state index is 12.4. The van der Waals surface area contributed by atoms with Gasteiger partial charge in [0.1, 0.15) is 11.6 Å². The van der Waals surface area contributed by atoms with E-state index in [2.05, 4.69) is 29.0 Å².